The molecule has 0 aromatic heterocycles. The van der Waals surface area contributed by atoms with Crippen molar-refractivity contribution in [2.45, 2.75) is 87.0 Å². The summed E-state index contributed by atoms with van der Waals surface area (Å²) in [6, 6.07) is 9.71. The molecule has 3 N–H and O–H groups in total. The Morgan fingerprint density at radius 3 is 2.71 bits per heavy atom. The normalized spacial score (nSPS) is 24.7. The number of aliphatic hydroxyl groups excluding tert-OH is 1. The van der Waals surface area contributed by atoms with Crippen LogP contribution in [0.15, 0.2) is 52.6 Å². The summed E-state index contributed by atoms with van der Waals surface area (Å²) in [4.78, 5) is 32.0. The minimum Gasteiger partial charge on any atom is -0.497 e. The predicted octanol–water partition coefficient (Wildman–Crippen LogP) is 6.43. The smallest absolute Gasteiger partial charge is 0.344 e. The Balaban J connectivity index is 1.63. The molecule has 5 rings (SSSR count). The van der Waals surface area contributed by atoms with Gasteiger partial charge in [-0.25, -0.2) is 9.59 Å². The first-order valence-electron chi connectivity index (χ1n) is 16.7. The van der Waals surface area contributed by atoms with Gasteiger partial charge in [-0.05, 0) is 84.8 Å². The zero-order chi connectivity index (χ0) is 35.2. The number of amides is 2. The van der Waals surface area contributed by atoms with Gasteiger partial charge in [0.15, 0.2) is 0 Å². The SMILES string of the molecule is C=CCCCCOc1cc2c3c(c1Br)O[C@@H]1C/C(=N/OCC(=O)O)CC(SCc4ccc(OC)cc4)C31C[C@@](C)(CO)N(C(=O)NCC)C2. The van der Waals surface area contributed by atoms with Gasteiger partial charge in [0.05, 0.1) is 37.0 Å². The van der Waals surface area contributed by atoms with E-state index in [4.69, 9.17) is 19.0 Å². The van der Waals surface area contributed by atoms with Crippen LogP contribution in [-0.2, 0) is 27.3 Å². The number of oxime groups is 1. The third kappa shape index (κ3) is 7.68. The molecule has 1 fully saturated rings. The van der Waals surface area contributed by atoms with Crippen molar-refractivity contribution in [3.05, 3.63) is 64.1 Å². The maximum atomic E-state index is 13.7. The molecular formula is C36H46BrN3O8S. The van der Waals surface area contributed by atoms with Crippen molar-refractivity contribution in [2.75, 3.05) is 33.5 Å². The van der Waals surface area contributed by atoms with Crippen LogP contribution in [0.25, 0.3) is 0 Å². The van der Waals surface area contributed by atoms with Crippen molar-refractivity contribution >= 4 is 45.4 Å². The van der Waals surface area contributed by atoms with E-state index in [-0.39, 0.29) is 24.4 Å². The van der Waals surface area contributed by atoms with Crippen molar-refractivity contribution < 1.29 is 38.9 Å². The lowest BCUT2D eigenvalue weighted by atomic mass is 9.62. The highest BCUT2D eigenvalue weighted by molar-refractivity contribution is 9.10. The summed E-state index contributed by atoms with van der Waals surface area (Å²) in [7, 11) is 1.64. The summed E-state index contributed by atoms with van der Waals surface area (Å²) in [5.41, 5.74) is 2.11. The number of methoxy groups -OCH3 is 1. The maximum absolute atomic E-state index is 13.7. The molecule has 0 bridgehead atoms. The molecule has 13 heteroatoms. The van der Waals surface area contributed by atoms with Gasteiger partial charge >= 0.3 is 12.0 Å². The average Bonchev–Trinajstić information content (AvgIpc) is 3.36. The number of hydrogen-bond acceptors (Lipinski definition) is 9. The molecule has 11 nitrogen and oxygen atoms in total. The highest BCUT2D eigenvalue weighted by Gasteiger charge is 2.63. The maximum Gasteiger partial charge on any atom is 0.344 e. The lowest BCUT2D eigenvalue weighted by molar-refractivity contribution is -0.142. The van der Waals surface area contributed by atoms with Gasteiger partial charge in [-0.3, -0.25) is 0 Å². The lowest BCUT2D eigenvalue weighted by Crippen LogP contribution is -2.61. The lowest BCUT2D eigenvalue weighted by Gasteiger charge is -2.49. The van der Waals surface area contributed by atoms with Crippen molar-refractivity contribution in [1.82, 2.24) is 10.2 Å². The number of allylic oxidation sites excluding steroid dienone is 1. The summed E-state index contributed by atoms with van der Waals surface area (Å²) in [6.07, 6.45) is 5.50. The number of carbonyl (C=O) groups excluding carboxylic acids is 1. The van der Waals surface area contributed by atoms with Crippen LogP contribution in [0, 0.1) is 0 Å². The molecule has 4 atom stereocenters. The first-order valence-corrected chi connectivity index (χ1v) is 18.5. The zero-order valence-corrected chi connectivity index (χ0v) is 30.7. The minimum atomic E-state index is -1.11. The Labute approximate surface area is 300 Å². The summed E-state index contributed by atoms with van der Waals surface area (Å²) < 4.78 is 19.3. The van der Waals surface area contributed by atoms with Crippen LogP contribution in [-0.4, -0.2) is 83.2 Å². The number of benzene rings is 2. The minimum absolute atomic E-state index is 0.141. The molecule has 1 aliphatic carbocycles. The molecule has 2 aromatic rings. The van der Waals surface area contributed by atoms with Gasteiger partial charge < -0.3 is 39.5 Å². The number of aliphatic carboxylic acids is 1. The zero-order valence-electron chi connectivity index (χ0n) is 28.3. The van der Waals surface area contributed by atoms with Gasteiger partial charge in [0.2, 0.25) is 6.61 Å². The molecule has 2 amide bonds. The van der Waals surface area contributed by atoms with Crippen LogP contribution in [0.4, 0.5) is 4.79 Å². The second kappa shape index (κ2) is 16.1. The molecule has 0 radical (unpaired) electrons. The number of ether oxygens (including phenoxy) is 3. The predicted molar refractivity (Wildman–Crippen MR) is 193 cm³/mol. The van der Waals surface area contributed by atoms with Crippen LogP contribution in [0.3, 0.4) is 0 Å². The van der Waals surface area contributed by atoms with Crippen LogP contribution >= 0.6 is 27.7 Å². The number of hydrogen-bond donors (Lipinski definition) is 3. The Kier molecular flexibility index (Phi) is 12.1. The number of halogens is 1. The highest BCUT2D eigenvalue weighted by atomic mass is 79.9. The second-order valence-electron chi connectivity index (χ2n) is 13.0. The van der Waals surface area contributed by atoms with Gasteiger partial charge in [-0.2, -0.15) is 11.8 Å². The van der Waals surface area contributed by atoms with Gasteiger partial charge in [0.25, 0.3) is 0 Å². The van der Waals surface area contributed by atoms with Gasteiger partial charge in [0.1, 0.15) is 27.8 Å². The number of nitrogens with one attached hydrogen (secondary N) is 1. The third-order valence-corrected chi connectivity index (χ3v) is 11.8. The highest BCUT2D eigenvalue weighted by Crippen LogP contribution is 2.62. The Bertz CT molecular complexity index is 1560. The number of rotatable bonds is 15. The summed E-state index contributed by atoms with van der Waals surface area (Å²) in [6.45, 7) is 8.03. The summed E-state index contributed by atoms with van der Waals surface area (Å²) in [5.74, 6) is 1.63. The van der Waals surface area contributed by atoms with Crippen molar-refractivity contribution in [1.29, 1.82) is 0 Å². The fourth-order valence-corrected chi connectivity index (χ4v) is 9.33. The fourth-order valence-electron chi connectivity index (χ4n) is 7.27. The van der Waals surface area contributed by atoms with Gasteiger partial charge in [-0.15, -0.1) is 6.58 Å². The molecule has 2 aliphatic heterocycles. The largest absolute Gasteiger partial charge is 0.497 e. The van der Waals surface area contributed by atoms with E-state index >= 15 is 0 Å². The van der Waals surface area contributed by atoms with E-state index < -0.39 is 29.6 Å². The Hall–Kier alpha value is -3.42. The van der Waals surface area contributed by atoms with E-state index in [9.17, 15) is 19.8 Å². The Morgan fingerprint density at radius 2 is 2.04 bits per heavy atom. The molecule has 3 aliphatic rings. The molecule has 1 spiro atoms. The average molecular weight is 761 g/mol. The molecule has 2 heterocycles. The fraction of sp³-hybridized carbons (Fsp3) is 0.528. The van der Waals surface area contributed by atoms with Crippen LogP contribution in [0.1, 0.15) is 69.1 Å². The number of thioether (sulfide) groups is 1. The molecule has 2 unspecified atom stereocenters. The van der Waals surface area contributed by atoms with Crippen molar-refractivity contribution in [3.63, 3.8) is 0 Å². The van der Waals surface area contributed by atoms with E-state index in [1.807, 2.05) is 50.3 Å². The molecule has 1 saturated carbocycles. The molecule has 49 heavy (non-hydrogen) atoms. The van der Waals surface area contributed by atoms with Gasteiger partial charge in [0, 0.05) is 42.5 Å². The number of aliphatic hydroxyl groups is 1. The number of urea groups is 1. The topological polar surface area (TPSA) is 139 Å². The quantitative estimate of drug-likeness (QED) is 0.107. The number of nitrogens with zero attached hydrogens (tertiary/aromatic N) is 2. The number of carboxylic acid groups (broad SMARTS) is 1. The van der Waals surface area contributed by atoms with E-state index in [1.165, 1.54) is 0 Å². The summed E-state index contributed by atoms with van der Waals surface area (Å²) in [5, 5.41) is 27.4. The number of carboxylic acids is 1. The van der Waals surface area contributed by atoms with E-state index in [2.05, 4.69) is 33.0 Å². The van der Waals surface area contributed by atoms with E-state index in [0.717, 1.165) is 41.7 Å². The van der Waals surface area contributed by atoms with Crippen molar-refractivity contribution in [2.24, 2.45) is 5.16 Å². The molecule has 2 aromatic carbocycles. The summed E-state index contributed by atoms with van der Waals surface area (Å²) >= 11 is 5.59. The van der Waals surface area contributed by atoms with Crippen LogP contribution < -0.4 is 19.5 Å². The molecular weight excluding hydrogens is 714 g/mol. The van der Waals surface area contributed by atoms with Crippen molar-refractivity contribution in [3.8, 4) is 17.2 Å². The monoisotopic (exact) mass is 759 g/mol. The van der Waals surface area contributed by atoms with E-state index in [1.54, 1.807) is 23.8 Å². The number of carbonyl (C=O) groups is 2. The third-order valence-electron chi connectivity index (χ3n) is 9.61. The standard InChI is InChI=1S/C36H46BrN3O8S/c1-5-7-8-9-14-46-27-15-24-18-40(34(44)38-6-2)35(3,22-41)21-36-28(48-33(31(24)36)32(27)37)16-25(39-47-19-30(42)43)17-29(36)49-20-23-10-12-26(45-4)13-11-23/h5,10-13,15,28-29,41H,1,6-9,14,16-22H2,2-4H3,(H,38,44)(H,42,43)/b39-25-/t28-,29?,35+,36?/m1/s1. The second-order valence-corrected chi connectivity index (χ2v) is 14.9. The van der Waals surface area contributed by atoms with Crippen LogP contribution in [0.5, 0.6) is 17.2 Å². The Morgan fingerprint density at radius 1 is 1.27 bits per heavy atom. The first-order chi connectivity index (χ1) is 23.6. The first kappa shape index (κ1) is 36.9. The van der Waals surface area contributed by atoms with Gasteiger partial charge in [-0.1, -0.05) is 23.4 Å². The van der Waals surface area contributed by atoms with Crippen LogP contribution in [0.2, 0.25) is 0 Å². The molecule has 266 valence electrons. The number of unbranched alkanes of at least 4 members (excludes halogenated alkanes) is 2. The van der Waals surface area contributed by atoms with E-state index in [0.29, 0.717) is 59.9 Å². The molecule has 0 saturated heterocycles.